The van der Waals surface area contributed by atoms with Crippen LogP contribution in [0.5, 0.6) is 0 Å². The van der Waals surface area contributed by atoms with Crippen molar-refractivity contribution in [3.63, 3.8) is 0 Å². The number of aromatic carboxylic acids is 2. The molecule has 148 valence electrons. The first-order valence-electron chi connectivity index (χ1n) is 9.03. The SMILES string of the molecule is CCCCC(N)C(=O)Nc1cc(C(=O)O)c(-c2ccccc2)c(C(=O)O)c1C. The third-order valence-corrected chi connectivity index (χ3v) is 4.56. The molecule has 0 bridgehead atoms. The van der Waals surface area contributed by atoms with E-state index in [0.717, 1.165) is 12.8 Å². The molecule has 0 radical (unpaired) electrons. The van der Waals surface area contributed by atoms with Gasteiger partial charge in [-0.25, -0.2) is 9.59 Å². The van der Waals surface area contributed by atoms with Gasteiger partial charge in [-0.1, -0.05) is 50.1 Å². The summed E-state index contributed by atoms with van der Waals surface area (Å²) in [5.41, 5.74) is 6.48. The van der Waals surface area contributed by atoms with Crippen LogP contribution < -0.4 is 11.1 Å². The third-order valence-electron chi connectivity index (χ3n) is 4.56. The van der Waals surface area contributed by atoms with Crippen LogP contribution in [0.25, 0.3) is 11.1 Å². The Morgan fingerprint density at radius 2 is 1.75 bits per heavy atom. The molecular weight excluding hydrogens is 360 g/mol. The van der Waals surface area contributed by atoms with Gasteiger partial charge < -0.3 is 21.3 Å². The number of carboxylic acid groups (broad SMARTS) is 2. The number of unbranched alkanes of at least 4 members (excludes halogenated alkanes) is 1. The van der Waals surface area contributed by atoms with Crippen molar-refractivity contribution in [2.45, 2.75) is 39.2 Å². The smallest absolute Gasteiger partial charge is 0.336 e. The first-order valence-corrected chi connectivity index (χ1v) is 9.03. The maximum atomic E-state index is 12.4. The highest BCUT2D eigenvalue weighted by Gasteiger charge is 2.26. The van der Waals surface area contributed by atoms with E-state index in [1.54, 1.807) is 30.3 Å². The molecule has 5 N–H and O–H groups in total. The lowest BCUT2D eigenvalue weighted by Gasteiger charge is -2.19. The van der Waals surface area contributed by atoms with Gasteiger partial charge in [0.05, 0.1) is 17.2 Å². The second-order valence-electron chi connectivity index (χ2n) is 6.56. The highest BCUT2D eigenvalue weighted by Crippen LogP contribution is 2.34. The second-order valence-corrected chi connectivity index (χ2v) is 6.56. The Bertz CT molecular complexity index is 893. The van der Waals surface area contributed by atoms with Crippen molar-refractivity contribution in [1.29, 1.82) is 0 Å². The summed E-state index contributed by atoms with van der Waals surface area (Å²) in [6.45, 7) is 3.52. The molecule has 7 nitrogen and oxygen atoms in total. The lowest BCUT2D eigenvalue weighted by molar-refractivity contribution is -0.117. The number of carbonyl (C=O) groups is 3. The molecule has 7 heteroatoms. The topological polar surface area (TPSA) is 130 Å². The molecule has 0 fully saturated rings. The number of benzene rings is 2. The van der Waals surface area contributed by atoms with Crippen LogP contribution in [0.3, 0.4) is 0 Å². The highest BCUT2D eigenvalue weighted by molar-refractivity contribution is 6.09. The fraction of sp³-hybridized carbons (Fsp3) is 0.286. The quantitative estimate of drug-likeness (QED) is 0.551. The maximum absolute atomic E-state index is 12.4. The maximum Gasteiger partial charge on any atom is 0.336 e. The minimum atomic E-state index is -1.29. The molecule has 1 amide bonds. The van der Waals surface area contributed by atoms with Gasteiger partial charge in [-0.15, -0.1) is 0 Å². The van der Waals surface area contributed by atoms with Crippen LogP contribution in [-0.4, -0.2) is 34.1 Å². The average Bonchev–Trinajstić information content (AvgIpc) is 2.67. The minimum absolute atomic E-state index is 0.103. The molecule has 2 rings (SSSR count). The van der Waals surface area contributed by atoms with Crippen molar-refractivity contribution in [1.82, 2.24) is 0 Å². The highest BCUT2D eigenvalue weighted by atomic mass is 16.4. The van der Waals surface area contributed by atoms with Gasteiger partial charge in [0.2, 0.25) is 5.91 Å². The number of nitrogens with one attached hydrogen (secondary N) is 1. The molecule has 1 unspecified atom stereocenters. The zero-order valence-corrected chi connectivity index (χ0v) is 15.9. The largest absolute Gasteiger partial charge is 0.478 e. The number of carboxylic acids is 2. The van der Waals surface area contributed by atoms with Crippen LogP contribution >= 0.6 is 0 Å². The van der Waals surface area contributed by atoms with E-state index in [0.29, 0.717) is 12.0 Å². The van der Waals surface area contributed by atoms with Crippen LogP contribution in [0, 0.1) is 6.92 Å². The third kappa shape index (κ3) is 4.55. The number of hydrogen-bond acceptors (Lipinski definition) is 4. The van der Waals surface area contributed by atoms with Crippen LogP contribution in [-0.2, 0) is 4.79 Å². The zero-order chi connectivity index (χ0) is 20.8. The average molecular weight is 384 g/mol. The lowest BCUT2D eigenvalue weighted by atomic mass is 9.90. The molecule has 0 spiro atoms. The van der Waals surface area contributed by atoms with E-state index in [1.165, 1.54) is 13.0 Å². The summed E-state index contributed by atoms with van der Waals surface area (Å²) in [6, 6.07) is 8.98. The number of anilines is 1. The van der Waals surface area contributed by atoms with Crippen LogP contribution in [0.15, 0.2) is 36.4 Å². The normalized spacial score (nSPS) is 11.7. The fourth-order valence-electron chi connectivity index (χ4n) is 3.03. The number of amides is 1. The summed E-state index contributed by atoms with van der Waals surface area (Å²) in [5, 5.41) is 22.0. The van der Waals surface area contributed by atoms with Crippen molar-refractivity contribution in [2.75, 3.05) is 5.32 Å². The molecule has 0 aliphatic carbocycles. The van der Waals surface area contributed by atoms with Gasteiger partial charge in [0.15, 0.2) is 0 Å². The summed E-state index contributed by atoms with van der Waals surface area (Å²) < 4.78 is 0. The molecule has 0 aliphatic heterocycles. The van der Waals surface area contributed by atoms with Crippen molar-refractivity contribution in [3.8, 4) is 11.1 Å². The first kappa shape index (κ1) is 21.1. The van der Waals surface area contributed by atoms with Crippen molar-refractivity contribution < 1.29 is 24.6 Å². The van der Waals surface area contributed by atoms with Crippen LogP contribution in [0.2, 0.25) is 0 Å². The van der Waals surface area contributed by atoms with Gasteiger partial charge in [-0.3, -0.25) is 4.79 Å². The van der Waals surface area contributed by atoms with E-state index in [2.05, 4.69) is 5.32 Å². The summed E-state index contributed by atoms with van der Waals surface area (Å²) in [7, 11) is 0. The molecule has 2 aromatic rings. The Labute approximate surface area is 163 Å². The molecule has 0 saturated heterocycles. The molecule has 0 aromatic heterocycles. The van der Waals surface area contributed by atoms with E-state index in [9.17, 15) is 24.6 Å². The number of hydrogen-bond donors (Lipinski definition) is 4. The fourth-order valence-corrected chi connectivity index (χ4v) is 3.03. The zero-order valence-electron chi connectivity index (χ0n) is 15.9. The minimum Gasteiger partial charge on any atom is -0.478 e. The molecule has 1 atom stereocenters. The lowest BCUT2D eigenvalue weighted by Crippen LogP contribution is -2.35. The Morgan fingerprint density at radius 1 is 1.11 bits per heavy atom. The molecule has 0 aliphatic rings. The van der Waals surface area contributed by atoms with E-state index < -0.39 is 23.9 Å². The summed E-state index contributed by atoms with van der Waals surface area (Å²) in [6.07, 6.45) is 2.15. The molecular formula is C21H24N2O5. The van der Waals surface area contributed by atoms with Gasteiger partial charge in [-0.2, -0.15) is 0 Å². The van der Waals surface area contributed by atoms with Gasteiger partial charge in [0.25, 0.3) is 0 Å². The number of carbonyl (C=O) groups excluding carboxylic acids is 1. The van der Waals surface area contributed by atoms with Gasteiger partial charge >= 0.3 is 11.9 Å². The van der Waals surface area contributed by atoms with Crippen molar-refractivity contribution in [3.05, 3.63) is 53.1 Å². The summed E-state index contributed by atoms with van der Waals surface area (Å²) in [4.78, 5) is 36.2. The Hall–Kier alpha value is -3.19. The summed E-state index contributed by atoms with van der Waals surface area (Å²) in [5.74, 6) is -3.03. The molecule has 2 aromatic carbocycles. The van der Waals surface area contributed by atoms with E-state index in [4.69, 9.17) is 5.73 Å². The summed E-state index contributed by atoms with van der Waals surface area (Å²) >= 11 is 0. The Morgan fingerprint density at radius 3 is 2.29 bits per heavy atom. The Kier molecular flexibility index (Phi) is 6.89. The number of rotatable bonds is 8. The van der Waals surface area contributed by atoms with Crippen molar-refractivity contribution >= 4 is 23.5 Å². The van der Waals surface area contributed by atoms with Gasteiger partial charge in [0.1, 0.15) is 0 Å². The second kappa shape index (κ2) is 9.14. The van der Waals surface area contributed by atoms with Gasteiger partial charge in [-0.05, 0) is 30.5 Å². The van der Waals surface area contributed by atoms with Crippen LogP contribution in [0.1, 0.15) is 52.5 Å². The van der Waals surface area contributed by atoms with Crippen LogP contribution in [0.4, 0.5) is 5.69 Å². The number of nitrogens with two attached hydrogens (primary N) is 1. The molecule has 0 heterocycles. The van der Waals surface area contributed by atoms with E-state index in [1.807, 2.05) is 6.92 Å². The Balaban J connectivity index is 2.60. The first-order chi connectivity index (χ1) is 13.3. The van der Waals surface area contributed by atoms with Gasteiger partial charge in [0, 0.05) is 11.3 Å². The predicted octanol–water partition coefficient (Wildman–Crippen LogP) is 3.51. The van der Waals surface area contributed by atoms with E-state index >= 15 is 0 Å². The van der Waals surface area contributed by atoms with Crippen molar-refractivity contribution in [2.24, 2.45) is 5.73 Å². The standard InChI is InChI=1S/C21H24N2O5/c1-3-4-10-15(22)19(24)23-16-11-14(20(25)26)18(13-8-6-5-7-9-13)17(12(16)2)21(27)28/h5-9,11,15H,3-4,10,22H2,1-2H3,(H,23,24)(H,25,26)(H,27,28). The predicted molar refractivity (Wildman–Crippen MR) is 107 cm³/mol. The molecule has 0 saturated carbocycles. The monoisotopic (exact) mass is 384 g/mol. The molecule has 28 heavy (non-hydrogen) atoms. The van der Waals surface area contributed by atoms with E-state index in [-0.39, 0.29) is 27.9 Å².